The molecule has 86 valence electrons. The third-order valence-corrected chi connectivity index (χ3v) is 2.42. The van der Waals surface area contributed by atoms with Crippen LogP contribution in [0.2, 0.25) is 0 Å². The Balaban J connectivity index is 0.000000921. The molecule has 0 fully saturated rings. The Bertz CT molecular complexity index is 411. The molecular weight excluding hydrogens is 210 g/mol. The van der Waals surface area contributed by atoms with Crippen molar-refractivity contribution in [2.24, 2.45) is 0 Å². The van der Waals surface area contributed by atoms with E-state index in [0.717, 1.165) is 17.4 Å². The molecule has 0 unspecified atom stereocenters. The van der Waals surface area contributed by atoms with Gasteiger partial charge in [-0.05, 0) is 37.1 Å². The Labute approximate surface area is 92.6 Å². The third-order valence-electron chi connectivity index (χ3n) is 1.81. The molecule has 15 heavy (non-hydrogen) atoms. The molecule has 0 radical (unpaired) electrons. The summed E-state index contributed by atoms with van der Waals surface area (Å²) in [5.41, 5.74) is 2.85. The van der Waals surface area contributed by atoms with Crippen molar-refractivity contribution in [3.05, 3.63) is 29.3 Å². The smallest absolute Gasteiger partial charge is 0.229 e. The van der Waals surface area contributed by atoms with Crippen molar-refractivity contribution >= 4 is 15.7 Å². The number of rotatable bonds is 2. The molecule has 0 aliphatic carbocycles. The van der Waals surface area contributed by atoms with E-state index in [0.29, 0.717) is 5.69 Å². The van der Waals surface area contributed by atoms with Crippen LogP contribution in [-0.4, -0.2) is 14.7 Å². The van der Waals surface area contributed by atoms with Crippen LogP contribution in [0.25, 0.3) is 0 Å². The molecule has 0 heterocycles. The molecule has 0 saturated carbocycles. The van der Waals surface area contributed by atoms with Gasteiger partial charge in [0.1, 0.15) is 0 Å². The fourth-order valence-corrected chi connectivity index (χ4v) is 1.57. The quantitative estimate of drug-likeness (QED) is 0.847. The van der Waals surface area contributed by atoms with E-state index in [1.807, 2.05) is 39.8 Å². The van der Waals surface area contributed by atoms with Crippen LogP contribution in [0.15, 0.2) is 18.2 Å². The van der Waals surface area contributed by atoms with Crippen molar-refractivity contribution in [2.75, 3.05) is 11.0 Å². The van der Waals surface area contributed by atoms with Gasteiger partial charge in [-0.1, -0.05) is 19.9 Å². The molecule has 0 bridgehead atoms. The minimum atomic E-state index is -3.16. The van der Waals surface area contributed by atoms with Gasteiger partial charge in [0.2, 0.25) is 10.0 Å². The van der Waals surface area contributed by atoms with Crippen LogP contribution < -0.4 is 4.72 Å². The first-order valence-corrected chi connectivity index (χ1v) is 6.83. The summed E-state index contributed by atoms with van der Waals surface area (Å²) in [6.45, 7) is 7.93. The zero-order valence-corrected chi connectivity index (χ0v) is 10.8. The summed E-state index contributed by atoms with van der Waals surface area (Å²) in [7, 11) is -3.16. The molecule has 0 spiro atoms. The van der Waals surface area contributed by atoms with E-state index in [1.165, 1.54) is 0 Å². The standard InChI is InChI=1S/C9H13NO2S.C2H6/c1-7-4-5-9(6-8(7)2)10-13(3,11)12;1-2/h4-6,10H,1-3H3;1-2H3. The Hall–Kier alpha value is -1.03. The zero-order valence-electron chi connectivity index (χ0n) is 9.96. The number of hydrogen-bond donors (Lipinski definition) is 1. The molecule has 4 heteroatoms. The average Bonchev–Trinajstić information content (AvgIpc) is 2.12. The largest absolute Gasteiger partial charge is 0.284 e. The van der Waals surface area contributed by atoms with E-state index in [2.05, 4.69) is 4.72 Å². The second kappa shape index (κ2) is 5.75. The summed E-state index contributed by atoms with van der Waals surface area (Å²) in [6.07, 6.45) is 1.14. The maximum Gasteiger partial charge on any atom is 0.229 e. The van der Waals surface area contributed by atoms with E-state index in [1.54, 1.807) is 6.07 Å². The van der Waals surface area contributed by atoms with E-state index in [9.17, 15) is 8.42 Å². The van der Waals surface area contributed by atoms with Crippen LogP contribution in [0.3, 0.4) is 0 Å². The lowest BCUT2D eigenvalue weighted by molar-refractivity contribution is 0.607. The van der Waals surface area contributed by atoms with Gasteiger partial charge in [-0.2, -0.15) is 0 Å². The molecule has 0 aromatic heterocycles. The SMILES string of the molecule is CC.Cc1ccc(NS(C)(=O)=O)cc1C. The van der Waals surface area contributed by atoms with Crippen LogP contribution in [0, 0.1) is 13.8 Å². The molecular formula is C11H19NO2S. The van der Waals surface area contributed by atoms with Crippen molar-refractivity contribution in [3.8, 4) is 0 Å². The second-order valence-electron chi connectivity index (χ2n) is 3.17. The van der Waals surface area contributed by atoms with Gasteiger partial charge in [-0.25, -0.2) is 8.42 Å². The van der Waals surface area contributed by atoms with Crippen molar-refractivity contribution in [1.82, 2.24) is 0 Å². The summed E-state index contributed by atoms with van der Waals surface area (Å²) in [4.78, 5) is 0. The van der Waals surface area contributed by atoms with Gasteiger partial charge in [-0.15, -0.1) is 0 Å². The van der Waals surface area contributed by atoms with Crippen LogP contribution in [0.5, 0.6) is 0 Å². The molecule has 1 aromatic carbocycles. The van der Waals surface area contributed by atoms with Crippen molar-refractivity contribution < 1.29 is 8.42 Å². The Morgan fingerprint density at radius 1 is 1.07 bits per heavy atom. The van der Waals surface area contributed by atoms with Crippen molar-refractivity contribution in [1.29, 1.82) is 0 Å². The summed E-state index contributed by atoms with van der Waals surface area (Å²) in [6, 6.07) is 5.46. The summed E-state index contributed by atoms with van der Waals surface area (Å²) < 4.78 is 24.2. The molecule has 0 aliphatic rings. The third kappa shape index (κ3) is 5.42. The normalized spacial score (nSPS) is 10.2. The first-order valence-electron chi connectivity index (χ1n) is 4.93. The molecule has 0 aliphatic heterocycles. The highest BCUT2D eigenvalue weighted by atomic mass is 32.2. The number of hydrogen-bond acceptors (Lipinski definition) is 2. The molecule has 0 amide bonds. The van der Waals surface area contributed by atoms with E-state index >= 15 is 0 Å². The van der Waals surface area contributed by atoms with E-state index < -0.39 is 10.0 Å². The molecule has 1 aromatic rings. The minimum Gasteiger partial charge on any atom is -0.284 e. The number of benzene rings is 1. The van der Waals surface area contributed by atoms with E-state index in [4.69, 9.17) is 0 Å². The highest BCUT2D eigenvalue weighted by Crippen LogP contribution is 2.14. The Morgan fingerprint density at radius 2 is 1.60 bits per heavy atom. The zero-order chi connectivity index (χ0) is 12.1. The first-order chi connectivity index (χ1) is 6.88. The van der Waals surface area contributed by atoms with Gasteiger partial charge in [0.05, 0.1) is 6.26 Å². The van der Waals surface area contributed by atoms with Gasteiger partial charge in [-0.3, -0.25) is 4.72 Å². The maximum atomic E-state index is 10.9. The molecule has 1 rings (SSSR count). The fourth-order valence-electron chi connectivity index (χ4n) is 1.02. The van der Waals surface area contributed by atoms with Gasteiger partial charge < -0.3 is 0 Å². The monoisotopic (exact) mass is 229 g/mol. The minimum absolute atomic E-state index is 0.616. The predicted octanol–water partition coefficient (Wildman–Crippen LogP) is 2.70. The highest BCUT2D eigenvalue weighted by molar-refractivity contribution is 7.92. The summed E-state index contributed by atoms with van der Waals surface area (Å²) >= 11 is 0. The Morgan fingerprint density at radius 3 is 2.00 bits per heavy atom. The molecule has 3 nitrogen and oxygen atoms in total. The van der Waals surface area contributed by atoms with Crippen LogP contribution in [0.1, 0.15) is 25.0 Å². The average molecular weight is 229 g/mol. The first kappa shape index (κ1) is 14.0. The molecule has 0 atom stereocenters. The maximum absolute atomic E-state index is 10.9. The van der Waals surface area contributed by atoms with Gasteiger partial charge in [0, 0.05) is 5.69 Å². The van der Waals surface area contributed by atoms with Gasteiger partial charge in [0.25, 0.3) is 0 Å². The van der Waals surface area contributed by atoms with E-state index in [-0.39, 0.29) is 0 Å². The van der Waals surface area contributed by atoms with Crippen molar-refractivity contribution in [2.45, 2.75) is 27.7 Å². The topological polar surface area (TPSA) is 46.2 Å². The number of nitrogens with one attached hydrogen (secondary N) is 1. The number of aryl methyl sites for hydroxylation is 2. The number of anilines is 1. The molecule has 1 N–H and O–H groups in total. The van der Waals surface area contributed by atoms with Crippen LogP contribution >= 0.6 is 0 Å². The second-order valence-corrected chi connectivity index (χ2v) is 4.92. The fraction of sp³-hybridized carbons (Fsp3) is 0.455. The lowest BCUT2D eigenvalue weighted by Crippen LogP contribution is -2.09. The van der Waals surface area contributed by atoms with Gasteiger partial charge >= 0.3 is 0 Å². The van der Waals surface area contributed by atoms with Gasteiger partial charge in [0.15, 0.2) is 0 Å². The number of sulfonamides is 1. The summed E-state index contributed by atoms with van der Waals surface area (Å²) in [5.74, 6) is 0. The van der Waals surface area contributed by atoms with Crippen LogP contribution in [0.4, 0.5) is 5.69 Å². The predicted molar refractivity (Wildman–Crippen MR) is 65.7 cm³/mol. The lowest BCUT2D eigenvalue weighted by Gasteiger charge is -2.06. The van der Waals surface area contributed by atoms with Crippen LogP contribution in [-0.2, 0) is 10.0 Å². The summed E-state index contributed by atoms with van der Waals surface area (Å²) in [5, 5.41) is 0. The lowest BCUT2D eigenvalue weighted by atomic mass is 10.1. The molecule has 0 saturated heterocycles. The van der Waals surface area contributed by atoms with Crippen molar-refractivity contribution in [3.63, 3.8) is 0 Å². The Kier molecular flexibility index (Phi) is 5.36. The highest BCUT2D eigenvalue weighted by Gasteiger charge is 2.01.